The smallest absolute Gasteiger partial charge is 0.339 e. The van der Waals surface area contributed by atoms with E-state index in [0.29, 0.717) is 4.47 Å². The molecule has 6 heteroatoms. The Morgan fingerprint density at radius 1 is 1.67 bits per heavy atom. The predicted molar refractivity (Wildman–Crippen MR) is 44.3 cm³/mol. The molecule has 0 saturated carbocycles. The Morgan fingerprint density at radius 3 is 2.83 bits per heavy atom. The Hall–Kier alpha value is -1.14. The van der Waals surface area contributed by atoms with Crippen LogP contribution in [0.25, 0.3) is 0 Å². The van der Waals surface area contributed by atoms with Crippen molar-refractivity contribution in [2.24, 2.45) is 0 Å². The van der Waals surface area contributed by atoms with Gasteiger partial charge in [-0.3, -0.25) is 10.7 Å². The van der Waals surface area contributed by atoms with Crippen LogP contribution in [0.3, 0.4) is 0 Å². The van der Waals surface area contributed by atoms with E-state index >= 15 is 0 Å². The molecule has 0 atom stereocenters. The molecule has 1 aromatic heterocycles. The minimum absolute atomic E-state index is 0.0781. The van der Waals surface area contributed by atoms with Crippen molar-refractivity contribution < 1.29 is 15.1 Å². The summed E-state index contributed by atoms with van der Waals surface area (Å²) in [7, 11) is 0. The van der Waals surface area contributed by atoms with Gasteiger partial charge in [0, 0.05) is 10.7 Å². The molecule has 0 aliphatic rings. The number of pyridine rings is 1. The van der Waals surface area contributed by atoms with Crippen molar-refractivity contribution in [3.05, 3.63) is 22.3 Å². The third-order valence-corrected chi connectivity index (χ3v) is 1.62. The summed E-state index contributed by atoms with van der Waals surface area (Å²) in [4.78, 5) is 14.2. The van der Waals surface area contributed by atoms with Crippen LogP contribution in [0.1, 0.15) is 10.4 Å². The molecule has 0 aliphatic carbocycles. The highest BCUT2D eigenvalue weighted by Crippen LogP contribution is 2.16. The van der Waals surface area contributed by atoms with Crippen molar-refractivity contribution in [1.29, 1.82) is 0 Å². The summed E-state index contributed by atoms with van der Waals surface area (Å²) in [6, 6.07) is 1.34. The van der Waals surface area contributed by atoms with Crippen LogP contribution in [0.4, 0.5) is 5.82 Å². The minimum atomic E-state index is -1.15. The fourth-order valence-electron chi connectivity index (χ4n) is 0.691. The van der Waals surface area contributed by atoms with Gasteiger partial charge in [0.15, 0.2) is 5.82 Å². The van der Waals surface area contributed by atoms with Crippen LogP contribution in [0.5, 0.6) is 0 Å². The van der Waals surface area contributed by atoms with Crippen molar-refractivity contribution >= 4 is 27.7 Å². The van der Waals surface area contributed by atoms with Gasteiger partial charge in [-0.05, 0) is 22.0 Å². The minimum Gasteiger partial charge on any atom is -0.478 e. The van der Waals surface area contributed by atoms with Gasteiger partial charge in [0.25, 0.3) is 0 Å². The number of carboxylic acids is 1. The van der Waals surface area contributed by atoms with Crippen LogP contribution in [0, 0.1) is 0 Å². The summed E-state index contributed by atoms with van der Waals surface area (Å²) in [5.41, 5.74) is 1.60. The lowest BCUT2D eigenvalue weighted by molar-refractivity contribution is 0.0696. The maximum atomic E-state index is 10.5. The molecule has 0 spiro atoms. The molecule has 0 radical (unpaired) electrons. The summed E-state index contributed by atoms with van der Waals surface area (Å²) in [6.07, 6.45) is 1.38. The fraction of sp³-hybridized carbons (Fsp3) is 0. The Morgan fingerprint density at radius 2 is 2.33 bits per heavy atom. The number of aromatic carboxylic acids is 1. The summed E-state index contributed by atoms with van der Waals surface area (Å²) in [5, 5.41) is 17.1. The molecule has 3 N–H and O–H groups in total. The number of aromatic nitrogens is 1. The van der Waals surface area contributed by atoms with Crippen LogP contribution < -0.4 is 5.48 Å². The summed E-state index contributed by atoms with van der Waals surface area (Å²) >= 11 is 3.06. The SMILES string of the molecule is O=C(O)c1cc(Br)cnc1NO. The summed E-state index contributed by atoms with van der Waals surface area (Å²) in [5.74, 6) is -1.23. The molecule has 1 rings (SSSR count). The van der Waals surface area contributed by atoms with Gasteiger partial charge in [0.2, 0.25) is 0 Å². The molecular formula is C6H5BrN2O3. The first-order chi connectivity index (χ1) is 5.65. The quantitative estimate of drug-likeness (QED) is 0.671. The van der Waals surface area contributed by atoms with Crippen LogP contribution in [-0.4, -0.2) is 21.3 Å². The predicted octanol–water partition coefficient (Wildman–Crippen LogP) is 1.34. The Kier molecular flexibility index (Phi) is 2.61. The molecule has 0 amide bonds. The lowest BCUT2D eigenvalue weighted by Crippen LogP contribution is -2.04. The standard InChI is InChI=1S/C6H5BrN2O3/c7-3-1-4(6(10)11)5(9-12)8-2-3/h1-2,12H,(H,8,9)(H,10,11). The molecule has 0 saturated heterocycles. The van der Waals surface area contributed by atoms with Gasteiger partial charge in [-0.1, -0.05) is 0 Å². The van der Waals surface area contributed by atoms with Crippen LogP contribution >= 0.6 is 15.9 Å². The Bertz CT molecular complexity index is 316. The molecule has 0 bridgehead atoms. The number of hydrogen-bond donors (Lipinski definition) is 3. The number of carboxylic acid groups (broad SMARTS) is 1. The second-order valence-corrected chi connectivity index (χ2v) is 2.88. The largest absolute Gasteiger partial charge is 0.478 e. The third kappa shape index (κ3) is 1.72. The highest BCUT2D eigenvalue weighted by molar-refractivity contribution is 9.10. The highest BCUT2D eigenvalue weighted by atomic mass is 79.9. The third-order valence-electron chi connectivity index (χ3n) is 1.19. The lowest BCUT2D eigenvalue weighted by Gasteiger charge is -2.02. The molecule has 1 aromatic rings. The van der Waals surface area contributed by atoms with Crippen LogP contribution in [0.15, 0.2) is 16.7 Å². The topological polar surface area (TPSA) is 82.5 Å². The second-order valence-electron chi connectivity index (χ2n) is 1.97. The van der Waals surface area contributed by atoms with E-state index in [9.17, 15) is 4.79 Å². The van der Waals surface area contributed by atoms with Gasteiger partial charge in [-0.2, -0.15) is 0 Å². The molecule has 12 heavy (non-hydrogen) atoms. The van der Waals surface area contributed by atoms with E-state index in [1.54, 1.807) is 5.48 Å². The van der Waals surface area contributed by atoms with E-state index in [0.717, 1.165) is 0 Å². The van der Waals surface area contributed by atoms with E-state index < -0.39 is 5.97 Å². The van der Waals surface area contributed by atoms with Crippen molar-refractivity contribution in [3.8, 4) is 0 Å². The second kappa shape index (κ2) is 3.51. The molecule has 1 heterocycles. The van der Waals surface area contributed by atoms with Crippen LogP contribution in [0.2, 0.25) is 0 Å². The van der Waals surface area contributed by atoms with Gasteiger partial charge < -0.3 is 5.11 Å². The van der Waals surface area contributed by atoms with E-state index in [2.05, 4.69) is 20.9 Å². The van der Waals surface area contributed by atoms with Gasteiger partial charge in [0.1, 0.15) is 5.56 Å². The first-order valence-corrected chi connectivity index (χ1v) is 3.73. The molecule has 0 fully saturated rings. The zero-order valence-corrected chi connectivity index (χ0v) is 7.37. The number of hydrogen-bond acceptors (Lipinski definition) is 4. The van der Waals surface area contributed by atoms with Crippen molar-refractivity contribution in [2.45, 2.75) is 0 Å². The Balaban J connectivity index is 3.21. The van der Waals surface area contributed by atoms with Crippen molar-refractivity contribution in [3.63, 3.8) is 0 Å². The molecule has 64 valence electrons. The molecule has 0 aliphatic heterocycles. The van der Waals surface area contributed by atoms with Crippen LogP contribution in [-0.2, 0) is 0 Å². The van der Waals surface area contributed by atoms with Gasteiger partial charge >= 0.3 is 5.97 Å². The van der Waals surface area contributed by atoms with Crippen molar-refractivity contribution in [1.82, 2.24) is 4.98 Å². The number of anilines is 1. The number of halogens is 1. The lowest BCUT2D eigenvalue weighted by atomic mass is 10.2. The monoisotopic (exact) mass is 232 g/mol. The van der Waals surface area contributed by atoms with Crippen molar-refractivity contribution in [2.75, 3.05) is 5.48 Å². The average Bonchev–Trinajstić information content (AvgIpc) is 2.04. The first-order valence-electron chi connectivity index (χ1n) is 2.94. The van der Waals surface area contributed by atoms with E-state index in [4.69, 9.17) is 10.3 Å². The molecule has 5 nitrogen and oxygen atoms in total. The van der Waals surface area contributed by atoms with Gasteiger partial charge in [-0.25, -0.2) is 9.78 Å². The first kappa shape index (κ1) is 8.95. The Labute approximate surface area is 76.1 Å². The number of rotatable bonds is 2. The molecule has 0 unspecified atom stereocenters. The maximum absolute atomic E-state index is 10.5. The van der Waals surface area contributed by atoms with E-state index in [1.165, 1.54) is 12.3 Å². The van der Waals surface area contributed by atoms with E-state index in [1.807, 2.05) is 0 Å². The number of carbonyl (C=O) groups is 1. The fourth-order valence-corrected chi connectivity index (χ4v) is 1.02. The molecule has 0 aromatic carbocycles. The number of nitrogens with one attached hydrogen (secondary N) is 1. The van der Waals surface area contributed by atoms with Gasteiger partial charge in [-0.15, -0.1) is 0 Å². The average molecular weight is 233 g/mol. The normalized spacial score (nSPS) is 9.50. The zero-order chi connectivity index (χ0) is 9.14. The highest BCUT2D eigenvalue weighted by Gasteiger charge is 2.10. The van der Waals surface area contributed by atoms with Gasteiger partial charge in [0.05, 0.1) is 0 Å². The zero-order valence-electron chi connectivity index (χ0n) is 5.78. The molecular weight excluding hydrogens is 228 g/mol. The maximum Gasteiger partial charge on any atom is 0.339 e. The van der Waals surface area contributed by atoms with E-state index in [-0.39, 0.29) is 11.4 Å². The summed E-state index contributed by atoms with van der Waals surface area (Å²) < 4.78 is 0.541. The summed E-state index contributed by atoms with van der Waals surface area (Å²) in [6.45, 7) is 0. The number of nitrogens with zero attached hydrogens (tertiary/aromatic N) is 1.